The van der Waals surface area contributed by atoms with Crippen molar-refractivity contribution in [2.45, 2.75) is 13.3 Å². The van der Waals surface area contributed by atoms with Crippen molar-refractivity contribution < 1.29 is 9.53 Å². The SMILES string of the molecule is COc1cc(C)c(C(=O)CCN)cc1Br. The van der Waals surface area contributed by atoms with Gasteiger partial charge in [0.2, 0.25) is 0 Å². The Hall–Kier alpha value is -0.870. The van der Waals surface area contributed by atoms with Crippen LogP contribution in [-0.4, -0.2) is 19.4 Å². The predicted octanol–water partition coefficient (Wildman–Crippen LogP) is 2.30. The summed E-state index contributed by atoms with van der Waals surface area (Å²) in [4.78, 5) is 11.7. The number of nitrogens with two attached hydrogens (primary N) is 1. The number of carbonyl (C=O) groups is 1. The second-order valence-electron chi connectivity index (χ2n) is 3.26. The van der Waals surface area contributed by atoms with E-state index in [1.807, 2.05) is 13.0 Å². The third-order valence-corrected chi connectivity index (χ3v) is 2.79. The highest BCUT2D eigenvalue weighted by Gasteiger charge is 2.11. The molecule has 0 aromatic heterocycles. The summed E-state index contributed by atoms with van der Waals surface area (Å²) in [6.45, 7) is 2.26. The van der Waals surface area contributed by atoms with Gasteiger partial charge in [-0.3, -0.25) is 4.79 Å². The molecule has 0 atom stereocenters. The second kappa shape index (κ2) is 5.28. The molecule has 82 valence electrons. The Morgan fingerprint density at radius 2 is 2.20 bits per heavy atom. The number of Topliss-reactive ketones (excluding diaryl/α,β-unsaturated/α-hetero) is 1. The Morgan fingerprint density at radius 3 is 2.73 bits per heavy atom. The van der Waals surface area contributed by atoms with Gasteiger partial charge in [0.05, 0.1) is 11.6 Å². The Kier molecular flexibility index (Phi) is 4.29. The van der Waals surface area contributed by atoms with Crippen molar-refractivity contribution in [1.82, 2.24) is 0 Å². The average molecular weight is 272 g/mol. The van der Waals surface area contributed by atoms with Gasteiger partial charge in [0.25, 0.3) is 0 Å². The summed E-state index contributed by atoms with van der Waals surface area (Å²) < 4.78 is 5.93. The fourth-order valence-corrected chi connectivity index (χ4v) is 1.88. The third kappa shape index (κ3) is 2.79. The topological polar surface area (TPSA) is 52.3 Å². The van der Waals surface area contributed by atoms with Gasteiger partial charge in [-0.05, 0) is 47.1 Å². The Labute approximate surface area is 97.7 Å². The van der Waals surface area contributed by atoms with E-state index < -0.39 is 0 Å². The van der Waals surface area contributed by atoms with Crippen LogP contribution >= 0.6 is 15.9 Å². The zero-order valence-electron chi connectivity index (χ0n) is 8.84. The highest BCUT2D eigenvalue weighted by atomic mass is 79.9. The molecule has 0 fully saturated rings. The van der Waals surface area contributed by atoms with Gasteiger partial charge in [-0.25, -0.2) is 0 Å². The van der Waals surface area contributed by atoms with E-state index in [0.717, 1.165) is 15.8 Å². The van der Waals surface area contributed by atoms with Crippen LogP contribution in [0.4, 0.5) is 0 Å². The van der Waals surface area contributed by atoms with Gasteiger partial charge in [-0.1, -0.05) is 0 Å². The van der Waals surface area contributed by atoms with Crippen LogP contribution in [0, 0.1) is 6.92 Å². The minimum Gasteiger partial charge on any atom is -0.496 e. The maximum Gasteiger partial charge on any atom is 0.164 e. The van der Waals surface area contributed by atoms with Gasteiger partial charge in [-0.15, -0.1) is 0 Å². The molecule has 1 aromatic carbocycles. The number of halogens is 1. The van der Waals surface area contributed by atoms with Crippen LogP contribution in [0.5, 0.6) is 5.75 Å². The van der Waals surface area contributed by atoms with Gasteiger partial charge in [0.15, 0.2) is 5.78 Å². The predicted molar refractivity (Wildman–Crippen MR) is 63.4 cm³/mol. The number of ether oxygens (including phenoxy) is 1. The van der Waals surface area contributed by atoms with Gasteiger partial charge >= 0.3 is 0 Å². The minimum absolute atomic E-state index is 0.0679. The fraction of sp³-hybridized carbons (Fsp3) is 0.364. The number of methoxy groups -OCH3 is 1. The molecule has 0 amide bonds. The third-order valence-electron chi connectivity index (χ3n) is 2.17. The molecule has 0 saturated heterocycles. The van der Waals surface area contributed by atoms with E-state index in [1.54, 1.807) is 13.2 Å². The monoisotopic (exact) mass is 271 g/mol. The zero-order chi connectivity index (χ0) is 11.4. The lowest BCUT2D eigenvalue weighted by atomic mass is 10.0. The first-order valence-corrected chi connectivity index (χ1v) is 5.46. The molecule has 3 nitrogen and oxygen atoms in total. The van der Waals surface area contributed by atoms with Crippen molar-refractivity contribution in [3.05, 3.63) is 27.7 Å². The number of ketones is 1. The van der Waals surface area contributed by atoms with Crippen LogP contribution in [0.2, 0.25) is 0 Å². The first-order chi connectivity index (χ1) is 7.10. The van der Waals surface area contributed by atoms with E-state index in [2.05, 4.69) is 15.9 Å². The van der Waals surface area contributed by atoms with Crippen LogP contribution in [0.25, 0.3) is 0 Å². The summed E-state index contributed by atoms with van der Waals surface area (Å²) in [6.07, 6.45) is 0.375. The Bertz CT molecular complexity index is 377. The number of hydrogen-bond donors (Lipinski definition) is 1. The van der Waals surface area contributed by atoms with Crippen molar-refractivity contribution in [3.63, 3.8) is 0 Å². The lowest BCUT2D eigenvalue weighted by Gasteiger charge is -2.09. The molecule has 1 aromatic rings. The fourth-order valence-electron chi connectivity index (χ4n) is 1.38. The van der Waals surface area contributed by atoms with E-state index in [9.17, 15) is 4.79 Å². The van der Waals surface area contributed by atoms with E-state index in [1.165, 1.54) is 0 Å². The molecule has 15 heavy (non-hydrogen) atoms. The molecule has 0 saturated carbocycles. The number of benzene rings is 1. The Morgan fingerprint density at radius 1 is 1.53 bits per heavy atom. The standard InChI is InChI=1S/C11H14BrNO2/c1-7-5-11(15-2)9(12)6-8(7)10(14)3-4-13/h5-6H,3-4,13H2,1-2H3. The molecular weight excluding hydrogens is 258 g/mol. The van der Waals surface area contributed by atoms with E-state index >= 15 is 0 Å². The molecule has 0 unspecified atom stereocenters. The van der Waals surface area contributed by atoms with Crippen LogP contribution in [-0.2, 0) is 0 Å². The molecule has 0 aliphatic carbocycles. The van der Waals surface area contributed by atoms with Crippen LogP contribution < -0.4 is 10.5 Å². The summed E-state index contributed by atoms with van der Waals surface area (Å²) in [7, 11) is 1.60. The largest absolute Gasteiger partial charge is 0.496 e. The first kappa shape index (κ1) is 12.2. The van der Waals surface area contributed by atoms with Crippen LogP contribution in [0.3, 0.4) is 0 Å². The maximum atomic E-state index is 11.7. The molecule has 0 aliphatic rings. The normalized spacial score (nSPS) is 10.1. The van der Waals surface area contributed by atoms with Gasteiger partial charge < -0.3 is 10.5 Å². The number of hydrogen-bond acceptors (Lipinski definition) is 3. The van der Waals surface area contributed by atoms with Gasteiger partial charge in [0, 0.05) is 12.0 Å². The van der Waals surface area contributed by atoms with Gasteiger partial charge in [-0.2, -0.15) is 0 Å². The van der Waals surface area contributed by atoms with Crippen molar-refractivity contribution in [2.24, 2.45) is 5.73 Å². The first-order valence-electron chi connectivity index (χ1n) is 4.67. The Balaban J connectivity index is 3.10. The zero-order valence-corrected chi connectivity index (χ0v) is 10.4. The van der Waals surface area contributed by atoms with Crippen molar-refractivity contribution in [1.29, 1.82) is 0 Å². The van der Waals surface area contributed by atoms with Crippen molar-refractivity contribution in [2.75, 3.05) is 13.7 Å². The quantitative estimate of drug-likeness (QED) is 0.855. The van der Waals surface area contributed by atoms with Crippen LogP contribution in [0.1, 0.15) is 22.3 Å². The number of rotatable bonds is 4. The lowest BCUT2D eigenvalue weighted by Crippen LogP contribution is -2.09. The smallest absolute Gasteiger partial charge is 0.164 e. The number of aryl methyl sites for hydroxylation is 1. The van der Waals surface area contributed by atoms with E-state index in [4.69, 9.17) is 10.5 Å². The molecule has 0 aliphatic heterocycles. The van der Waals surface area contributed by atoms with Crippen molar-refractivity contribution in [3.8, 4) is 5.75 Å². The average Bonchev–Trinajstić information content (AvgIpc) is 2.21. The highest BCUT2D eigenvalue weighted by molar-refractivity contribution is 9.10. The summed E-state index contributed by atoms with van der Waals surface area (Å²) in [5.74, 6) is 0.801. The summed E-state index contributed by atoms with van der Waals surface area (Å²) >= 11 is 3.35. The molecule has 0 heterocycles. The number of carbonyl (C=O) groups excluding carboxylic acids is 1. The van der Waals surface area contributed by atoms with Gasteiger partial charge in [0.1, 0.15) is 5.75 Å². The molecule has 1 rings (SSSR count). The molecule has 2 N–H and O–H groups in total. The summed E-state index contributed by atoms with van der Waals surface area (Å²) in [6, 6.07) is 3.62. The minimum atomic E-state index is 0.0679. The maximum absolute atomic E-state index is 11.7. The van der Waals surface area contributed by atoms with Crippen molar-refractivity contribution >= 4 is 21.7 Å². The molecule has 0 spiro atoms. The molecule has 0 radical (unpaired) electrons. The van der Waals surface area contributed by atoms with E-state index in [-0.39, 0.29) is 5.78 Å². The molecule has 4 heteroatoms. The highest BCUT2D eigenvalue weighted by Crippen LogP contribution is 2.28. The summed E-state index contributed by atoms with van der Waals surface area (Å²) in [5.41, 5.74) is 6.97. The summed E-state index contributed by atoms with van der Waals surface area (Å²) in [5, 5.41) is 0. The second-order valence-corrected chi connectivity index (χ2v) is 4.12. The lowest BCUT2D eigenvalue weighted by molar-refractivity contribution is 0.0985. The van der Waals surface area contributed by atoms with Crippen LogP contribution in [0.15, 0.2) is 16.6 Å². The molecule has 0 bridgehead atoms. The molecular formula is C11H14BrNO2. The van der Waals surface area contributed by atoms with E-state index in [0.29, 0.717) is 18.5 Å².